The summed E-state index contributed by atoms with van der Waals surface area (Å²) in [6.45, 7) is 8.27. The van der Waals surface area contributed by atoms with Crippen LogP contribution in [0.15, 0.2) is 82.4 Å². The van der Waals surface area contributed by atoms with Crippen LogP contribution in [0.5, 0.6) is 0 Å². The van der Waals surface area contributed by atoms with E-state index in [2.05, 4.69) is 0 Å². The number of rotatable bonds is 7. The van der Waals surface area contributed by atoms with Gasteiger partial charge in [0.15, 0.2) is 0 Å². The van der Waals surface area contributed by atoms with Gasteiger partial charge in [0.05, 0.1) is 67.5 Å². The number of pyridine rings is 2. The van der Waals surface area contributed by atoms with E-state index >= 15 is 0 Å². The molecule has 7 aromatic carbocycles. The zero-order valence-corrected chi connectivity index (χ0v) is 32.6. The van der Waals surface area contributed by atoms with Gasteiger partial charge < -0.3 is 15.2 Å². The summed E-state index contributed by atoms with van der Waals surface area (Å²) < 4.78 is 13.8. The van der Waals surface area contributed by atoms with E-state index in [-0.39, 0.29) is 52.8 Å². The molecule has 0 bridgehead atoms. The third kappa shape index (κ3) is 4.63. The van der Waals surface area contributed by atoms with Crippen LogP contribution in [0, 0.1) is 22.0 Å². The number of fused-ring (bicyclic) bond motifs is 10. The minimum atomic E-state index is -0.510. The van der Waals surface area contributed by atoms with E-state index in [9.17, 15) is 29.3 Å². The highest BCUT2D eigenvalue weighted by Crippen LogP contribution is 2.50. The Morgan fingerprint density at radius 2 is 1.07 bits per heavy atom. The molecule has 60 heavy (non-hydrogen) atoms. The maximum atomic E-state index is 14.6. The smallest absolute Gasteiger partial charge is 0.338 e. The van der Waals surface area contributed by atoms with Gasteiger partial charge in [0.25, 0.3) is 16.8 Å². The van der Waals surface area contributed by atoms with Gasteiger partial charge in [0.1, 0.15) is 11.3 Å². The fourth-order valence-corrected chi connectivity index (χ4v) is 9.05. The SMILES string of the molecule is CC(C)COC(=O)c1ccc2c(c1)nc1c3ccc4c5c([N+](=O)[O-])cc6c(=O)n7c8ccc(C(=O)OCC(C)C)cc8nc7c7ccc(c8c(N)cc(c(=O)n21)c3c48)c5c67. The third-order valence-corrected chi connectivity index (χ3v) is 11.5. The lowest BCUT2D eigenvalue weighted by Crippen LogP contribution is -2.15. The maximum absolute atomic E-state index is 14.6. The minimum absolute atomic E-state index is 0.119. The number of hydrogen-bond acceptors (Lipinski definition) is 11. The molecule has 0 spiro atoms. The topological polar surface area (TPSA) is 190 Å². The largest absolute Gasteiger partial charge is 0.462 e. The fraction of sp³-hybridized carbons (Fsp3) is 0.174. The van der Waals surface area contributed by atoms with Crippen LogP contribution in [-0.2, 0) is 9.47 Å². The number of carbonyl (C=O) groups is 2. The van der Waals surface area contributed by atoms with E-state index < -0.39 is 28.0 Å². The molecule has 0 radical (unpaired) electrons. The number of hydrogen-bond donors (Lipinski definition) is 1. The summed E-state index contributed by atoms with van der Waals surface area (Å²) in [5.41, 5.74) is 8.99. The first-order chi connectivity index (χ1) is 28.8. The first kappa shape index (κ1) is 35.4. The van der Waals surface area contributed by atoms with Crippen molar-refractivity contribution in [3.05, 3.63) is 115 Å². The Labute approximate surface area is 336 Å². The van der Waals surface area contributed by atoms with Crippen molar-refractivity contribution in [3.8, 4) is 0 Å². The number of nitrogens with zero attached hydrogens (tertiary/aromatic N) is 5. The number of imidazole rings is 2. The molecular formula is C46H32N6O8. The number of ether oxygens (including phenoxy) is 2. The second-order valence-corrected chi connectivity index (χ2v) is 16.3. The van der Waals surface area contributed by atoms with Crippen molar-refractivity contribution < 1.29 is 24.0 Å². The number of non-ortho nitro benzene ring substituents is 1. The normalized spacial score (nSPS) is 12.6. The molecule has 14 heteroatoms. The molecule has 294 valence electrons. The molecule has 0 amide bonds. The molecule has 0 aliphatic heterocycles. The molecule has 0 unspecified atom stereocenters. The molecule has 4 heterocycles. The Balaban J connectivity index is 1.22. The summed E-state index contributed by atoms with van der Waals surface area (Å²) in [7, 11) is 0. The molecule has 14 nitrogen and oxygen atoms in total. The number of aromatic nitrogens is 4. The van der Waals surface area contributed by atoms with Crippen LogP contribution in [0.2, 0.25) is 0 Å². The lowest BCUT2D eigenvalue weighted by molar-refractivity contribution is -0.382. The van der Waals surface area contributed by atoms with Gasteiger partial charge in [-0.1, -0.05) is 39.8 Å². The predicted molar refractivity (Wildman–Crippen MR) is 231 cm³/mol. The molecule has 2 N–H and O–H groups in total. The number of nitrogen functional groups attached to an aromatic ring is 1. The van der Waals surface area contributed by atoms with E-state index in [1.54, 1.807) is 54.6 Å². The number of nitrogens with two attached hydrogens (primary N) is 1. The van der Waals surface area contributed by atoms with Gasteiger partial charge >= 0.3 is 11.9 Å². The average Bonchev–Trinajstić information content (AvgIpc) is 3.81. The molecule has 4 aromatic heterocycles. The number of anilines is 1. The monoisotopic (exact) mass is 796 g/mol. The summed E-state index contributed by atoms with van der Waals surface area (Å²) in [6.07, 6.45) is 0. The van der Waals surface area contributed by atoms with Crippen molar-refractivity contribution >= 4 is 121 Å². The second kappa shape index (κ2) is 12.1. The number of nitro groups is 1. The van der Waals surface area contributed by atoms with Gasteiger partial charge in [-0.3, -0.25) is 28.5 Å². The molecule has 0 saturated carbocycles. The van der Waals surface area contributed by atoms with Crippen molar-refractivity contribution in [2.45, 2.75) is 27.7 Å². The quantitative estimate of drug-likeness (QED) is 0.0407. The van der Waals surface area contributed by atoms with Crippen LogP contribution in [-0.4, -0.2) is 48.8 Å². The van der Waals surface area contributed by atoms with Crippen molar-refractivity contribution in [2.24, 2.45) is 11.8 Å². The van der Waals surface area contributed by atoms with Gasteiger partial charge in [-0.15, -0.1) is 0 Å². The van der Waals surface area contributed by atoms with Crippen LogP contribution in [0.4, 0.5) is 11.4 Å². The highest BCUT2D eigenvalue weighted by molar-refractivity contribution is 6.43. The molecule has 0 atom stereocenters. The zero-order valence-electron chi connectivity index (χ0n) is 32.6. The van der Waals surface area contributed by atoms with Crippen LogP contribution in [0.1, 0.15) is 48.4 Å². The molecule has 0 saturated heterocycles. The average molecular weight is 797 g/mol. The number of carbonyl (C=O) groups excluding carboxylic acids is 2. The Bertz CT molecular complexity index is 3870. The van der Waals surface area contributed by atoms with Gasteiger partial charge in [-0.2, -0.15) is 0 Å². The van der Waals surface area contributed by atoms with Crippen molar-refractivity contribution in [1.29, 1.82) is 0 Å². The Hall–Kier alpha value is -7.74. The maximum Gasteiger partial charge on any atom is 0.338 e. The third-order valence-electron chi connectivity index (χ3n) is 11.5. The summed E-state index contributed by atoms with van der Waals surface area (Å²) >= 11 is 0. The molecule has 0 aliphatic rings. The molecular weight excluding hydrogens is 765 g/mol. The Kier molecular flexibility index (Phi) is 7.17. The Morgan fingerprint density at radius 3 is 1.55 bits per heavy atom. The second-order valence-electron chi connectivity index (χ2n) is 16.3. The highest BCUT2D eigenvalue weighted by atomic mass is 16.6. The molecule has 0 aliphatic carbocycles. The number of nitro benzene ring substituents is 1. The minimum Gasteiger partial charge on any atom is -0.462 e. The van der Waals surface area contributed by atoms with E-state index in [0.717, 1.165) is 0 Å². The van der Waals surface area contributed by atoms with E-state index in [1.807, 2.05) is 39.8 Å². The van der Waals surface area contributed by atoms with Gasteiger partial charge in [-0.05, 0) is 77.2 Å². The molecule has 11 rings (SSSR count). The van der Waals surface area contributed by atoms with Gasteiger partial charge in [0, 0.05) is 49.5 Å². The van der Waals surface area contributed by atoms with E-state index in [1.165, 1.54) is 14.9 Å². The van der Waals surface area contributed by atoms with Crippen LogP contribution in [0.25, 0.3) is 98.0 Å². The Morgan fingerprint density at radius 1 is 0.617 bits per heavy atom. The van der Waals surface area contributed by atoms with Gasteiger partial charge in [0.2, 0.25) is 0 Å². The zero-order chi connectivity index (χ0) is 41.6. The van der Waals surface area contributed by atoms with Crippen molar-refractivity contribution in [3.63, 3.8) is 0 Å². The highest BCUT2D eigenvalue weighted by Gasteiger charge is 2.30. The first-order valence-electron chi connectivity index (χ1n) is 19.5. The lowest BCUT2D eigenvalue weighted by Gasteiger charge is -2.19. The fourth-order valence-electron chi connectivity index (χ4n) is 9.05. The molecule has 0 fully saturated rings. The number of benzene rings is 7. The molecule has 11 aromatic rings. The summed E-state index contributed by atoms with van der Waals surface area (Å²) in [6, 6.07) is 19.8. The summed E-state index contributed by atoms with van der Waals surface area (Å²) in [5.74, 6) is -0.709. The van der Waals surface area contributed by atoms with Gasteiger partial charge in [-0.25, -0.2) is 19.6 Å². The van der Waals surface area contributed by atoms with Crippen LogP contribution >= 0.6 is 0 Å². The van der Waals surface area contributed by atoms with Crippen molar-refractivity contribution in [2.75, 3.05) is 18.9 Å². The lowest BCUT2D eigenvalue weighted by atomic mass is 9.84. The van der Waals surface area contributed by atoms with Crippen LogP contribution < -0.4 is 16.9 Å². The van der Waals surface area contributed by atoms with E-state index in [0.29, 0.717) is 92.8 Å². The number of esters is 2. The first-order valence-corrected chi connectivity index (χ1v) is 19.5. The van der Waals surface area contributed by atoms with Crippen LogP contribution in [0.3, 0.4) is 0 Å². The summed E-state index contributed by atoms with van der Waals surface area (Å²) in [4.78, 5) is 77.2. The summed E-state index contributed by atoms with van der Waals surface area (Å²) in [5, 5.41) is 18.6. The standard InChI is InChI=1S/C46H32N6O8/c1-19(2)17-59-45(55)21-5-11-32-30(13-21)48-41-25-10-8-24-38-34(52(57)58)16-28-36-26(9-7-23(40(36)38)37-29(47)15-27(35(25)39(24)37)43(53)50(32)41)42-49-31-14-22(46(56)60-18-20(3)4)6-12-33(31)51(42)44(28)54/h5-16,19-20H,17-18,47H2,1-4H3. The predicted octanol–water partition coefficient (Wildman–Crippen LogP) is 8.36. The van der Waals surface area contributed by atoms with Crippen molar-refractivity contribution in [1.82, 2.24) is 18.8 Å². The van der Waals surface area contributed by atoms with E-state index in [4.69, 9.17) is 25.2 Å².